The molecule has 0 radical (unpaired) electrons. The Labute approximate surface area is 124 Å². The second-order valence-electron chi connectivity index (χ2n) is 3.94. The second kappa shape index (κ2) is 5.62. The number of benzene rings is 1. The highest BCUT2D eigenvalue weighted by atomic mass is 79.9. The van der Waals surface area contributed by atoms with Gasteiger partial charge in [0, 0.05) is 29.8 Å². The van der Waals surface area contributed by atoms with Crippen LogP contribution in [0, 0.1) is 0 Å². The molecule has 102 valence electrons. The predicted octanol–water partition coefficient (Wildman–Crippen LogP) is 2.65. The van der Waals surface area contributed by atoms with Gasteiger partial charge in [-0.1, -0.05) is 27.5 Å². The molecule has 0 aliphatic rings. The predicted molar refractivity (Wildman–Crippen MR) is 76.4 cm³/mol. The lowest BCUT2D eigenvalue weighted by Gasteiger charge is -2.17. The Morgan fingerprint density at radius 1 is 1.47 bits per heavy atom. The number of rotatable bonds is 4. The molecular weight excluding hydrogens is 354 g/mol. The summed E-state index contributed by atoms with van der Waals surface area (Å²) in [5.41, 5.74) is 0.777. The van der Waals surface area contributed by atoms with Gasteiger partial charge in [0.25, 0.3) is 0 Å². The lowest BCUT2D eigenvalue weighted by atomic mass is 10.4. The first-order valence-electron chi connectivity index (χ1n) is 5.30. The Kier molecular flexibility index (Phi) is 4.29. The number of hydrogen-bond donors (Lipinski definition) is 1. The summed E-state index contributed by atoms with van der Waals surface area (Å²) in [7, 11) is -2.12. The van der Waals surface area contributed by atoms with Crippen LogP contribution in [0.3, 0.4) is 0 Å². The summed E-state index contributed by atoms with van der Waals surface area (Å²) < 4.78 is 26.7. The Balaban J connectivity index is 2.31. The third kappa shape index (κ3) is 3.17. The van der Waals surface area contributed by atoms with Crippen LogP contribution >= 0.6 is 27.5 Å². The van der Waals surface area contributed by atoms with Crippen molar-refractivity contribution in [3.05, 3.63) is 45.7 Å². The number of H-pyrrole nitrogens is 1. The third-order valence-corrected chi connectivity index (χ3v) is 5.32. The van der Waals surface area contributed by atoms with Gasteiger partial charge in [-0.05, 0) is 18.2 Å². The van der Waals surface area contributed by atoms with Gasteiger partial charge >= 0.3 is 0 Å². The van der Waals surface area contributed by atoms with E-state index in [4.69, 9.17) is 11.6 Å². The molecule has 1 aromatic heterocycles. The van der Waals surface area contributed by atoms with Crippen LogP contribution in [0.4, 0.5) is 0 Å². The molecule has 0 unspecified atom stereocenters. The monoisotopic (exact) mass is 363 g/mol. The van der Waals surface area contributed by atoms with Crippen LogP contribution in [0.15, 0.2) is 40.0 Å². The van der Waals surface area contributed by atoms with E-state index in [0.29, 0.717) is 0 Å². The highest BCUT2D eigenvalue weighted by Gasteiger charge is 2.23. The van der Waals surface area contributed by atoms with Gasteiger partial charge in [0.05, 0.1) is 11.2 Å². The zero-order valence-electron chi connectivity index (χ0n) is 9.97. The van der Waals surface area contributed by atoms with Crippen molar-refractivity contribution in [2.75, 3.05) is 7.05 Å². The quantitative estimate of drug-likeness (QED) is 0.907. The number of aromatic amines is 1. The number of nitrogens with one attached hydrogen (secondary N) is 1. The zero-order chi connectivity index (χ0) is 14.0. The van der Waals surface area contributed by atoms with Crippen LogP contribution in [-0.2, 0) is 16.6 Å². The molecule has 1 N–H and O–H groups in total. The van der Waals surface area contributed by atoms with E-state index >= 15 is 0 Å². The Morgan fingerprint density at radius 3 is 2.79 bits per heavy atom. The van der Waals surface area contributed by atoms with Crippen LogP contribution < -0.4 is 0 Å². The van der Waals surface area contributed by atoms with E-state index < -0.39 is 10.0 Å². The fourth-order valence-corrected chi connectivity index (χ4v) is 3.72. The van der Waals surface area contributed by atoms with Crippen LogP contribution in [0.5, 0.6) is 0 Å². The number of halogens is 2. The van der Waals surface area contributed by atoms with Crippen molar-refractivity contribution in [2.24, 2.45) is 0 Å². The van der Waals surface area contributed by atoms with Crippen LogP contribution in [0.2, 0.25) is 5.02 Å². The number of hydrogen-bond acceptors (Lipinski definition) is 3. The van der Waals surface area contributed by atoms with E-state index in [1.165, 1.54) is 17.4 Å². The topological polar surface area (TPSA) is 66.1 Å². The van der Waals surface area contributed by atoms with Crippen LogP contribution in [0.1, 0.15) is 5.56 Å². The maximum absolute atomic E-state index is 12.4. The molecule has 0 saturated carbocycles. The van der Waals surface area contributed by atoms with Gasteiger partial charge in [0.15, 0.2) is 0 Å². The van der Waals surface area contributed by atoms with Gasteiger partial charge in [-0.15, -0.1) is 0 Å². The van der Waals surface area contributed by atoms with Gasteiger partial charge in [0.1, 0.15) is 4.90 Å². The molecule has 1 heterocycles. The second-order valence-corrected chi connectivity index (χ2v) is 7.28. The fourth-order valence-electron chi connectivity index (χ4n) is 1.56. The Bertz CT molecular complexity index is 673. The fraction of sp³-hybridized carbons (Fsp3) is 0.182. The number of aromatic nitrogens is 2. The standard InChI is InChI=1S/C11H11BrClN3O2S/c1-16(7-8-5-14-15-6-8)19(17,18)11-3-2-9(12)4-10(11)13/h2-6H,7H2,1H3,(H,14,15). The van der Waals surface area contributed by atoms with Crippen molar-refractivity contribution < 1.29 is 8.42 Å². The van der Waals surface area contributed by atoms with Gasteiger partial charge in [-0.25, -0.2) is 8.42 Å². The summed E-state index contributed by atoms with van der Waals surface area (Å²) in [5, 5.41) is 6.61. The first-order valence-corrected chi connectivity index (χ1v) is 7.91. The van der Waals surface area contributed by atoms with E-state index in [1.54, 1.807) is 24.5 Å². The average molecular weight is 365 g/mol. The van der Waals surface area contributed by atoms with Crippen LogP contribution in [0.25, 0.3) is 0 Å². The van der Waals surface area contributed by atoms with Gasteiger partial charge in [0.2, 0.25) is 10.0 Å². The molecule has 2 aromatic rings. The molecule has 0 aliphatic heterocycles. The molecular formula is C11H11BrClN3O2S. The molecule has 5 nitrogen and oxygen atoms in total. The SMILES string of the molecule is CN(Cc1cn[nH]c1)S(=O)(=O)c1ccc(Br)cc1Cl. The van der Waals surface area contributed by atoms with E-state index in [1.807, 2.05) is 0 Å². The average Bonchev–Trinajstić information content (AvgIpc) is 2.81. The van der Waals surface area contributed by atoms with Gasteiger partial charge in [-0.2, -0.15) is 9.40 Å². The van der Waals surface area contributed by atoms with E-state index in [0.717, 1.165) is 10.0 Å². The lowest BCUT2D eigenvalue weighted by molar-refractivity contribution is 0.467. The van der Waals surface area contributed by atoms with Crippen molar-refractivity contribution >= 4 is 37.6 Å². The summed E-state index contributed by atoms with van der Waals surface area (Å²) in [6, 6.07) is 4.68. The first kappa shape index (κ1) is 14.5. The minimum absolute atomic E-state index is 0.0864. The van der Waals surface area contributed by atoms with Crippen molar-refractivity contribution in [1.29, 1.82) is 0 Å². The number of sulfonamides is 1. The van der Waals surface area contributed by atoms with Crippen molar-refractivity contribution in [3.63, 3.8) is 0 Å². The van der Waals surface area contributed by atoms with Crippen molar-refractivity contribution in [3.8, 4) is 0 Å². The van der Waals surface area contributed by atoms with E-state index in [9.17, 15) is 8.42 Å². The summed E-state index contributed by atoms with van der Waals surface area (Å²) in [6.45, 7) is 0.227. The minimum atomic E-state index is -3.62. The molecule has 8 heteroatoms. The molecule has 19 heavy (non-hydrogen) atoms. The summed E-state index contributed by atoms with van der Waals surface area (Å²) in [4.78, 5) is 0.0864. The molecule has 2 rings (SSSR count). The molecule has 0 aliphatic carbocycles. The summed E-state index contributed by atoms with van der Waals surface area (Å²) >= 11 is 9.23. The highest BCUT2D eigenvalue weighted by Crippen LogP contribution is 2.27. The third-order valence-electron chi connectivity index (χ3n) is 2.54. The molecule has 0 amide bonds. The minimum Gasteiger partial charge on any atom is -0.285 e. The van der Waals surface area contributed by atoms with Crippen molar-refractivity contribution in [2.45, 2.75) is 11.4 Å². The van der Waals surface area contributed by atoms with E-state index in [2.05, 4.69) is 26.1 Å². The van der Waals surface area contributed by atoms with Crippen molar-refractivity contribution in [1.82, 2.24) is 14.5 Å². The van der Waals surface area contributed by atoms with Gasteiger partial charge in [-0.3, -0.25) is 5.10 Å². The van der Waals surface area contributed by atoms with Gasteiger partial charge < -0.3 is 0 Å². The lowest BCUT2D eigenvalue weighted by Crippen LogP contribution is -2.26. The normalized spacial score (nSPS) is 12.0. The first-order chi connectivity index (χ1) is 8.91. The highest BCUT2D eigenvalue weighted by molar-refractivity contribution is 9.10. The Hall–Kier alpha value is -0.890. The van der Waals surface area contributed by atoms with Crippen LogP contribution in [-0.4, -0.2) is 30.0 Å². The summed E-state index contributed by atoms with van der Waals surface area (Å²) in [6.07, 6.45) is 3.23. The molecule has 0 fully saturated rings. The number of nitrogens with zero attached hydrogens (tertiary/aromatic N) is 2. The molecule has 0 saturated heterocycles. The molecule has 0 bridgehead atoms. The molecule has 0 atom stereocenters. The smallest absolute Gasteiger partial charge is 0.244 e. The Morgan fingerprint density at radius 2 is 2.21 bits per heavy atom. The zero-order valence-corrected chi connectivity index (χ0v) is 13.1. The maximum Gasteiger partial charge on any atom is 0.244 e. The summed E-state index contributed by atoms with van der Waals surface area (Å²) in [5.74, 6) is 0. The molecule has 0 spiro atoms. The largest absolute Gasteiger partial charge is 0.285 e. The maximum atomic E-state index is 12.4. The van der Waals surface area contributed by atoms with E-state index in [-0.39, 0.29) is 16.5 Å². The molecule has 1 aromatic carbocycles.